The first-order valence-corrected chi connectivity index (χ1v) is 8.14. The van der Waals surface area contributed by atoms with E-state index in [9.17, 15) is 4.79 Å². The molecule has 2 rings (SSSR count). The molecule has 0 heterocycles. The lowest BCUT2D eigenvalue weighted by Gasteiger charge is -2.25. The van der Waals surface area contributed by atoms with Crippen LogP contribution in [-0.2, 0) is 17.6 Å². The lowest BCUT2D eigenvalue weighted by atomic mass is 9.82. The number of carbonyl (C=O) groups excluding carboxylic acids is 1. The predicted molar refractivity (Wildman–Crippen MR) is 94.3 cm³/mol. The third-order valence-electron chi connectivity index (χ3n) is 4.33. The quantitative estimate of drug-likeness (QED) is 0.844. The molecule has 3 nitrogen and oxygen atoms in total. The van der Waals surface area contributed by atoms with E-state index in [-0.39, 0.29) is 24.4 Å². The smallest absolute Gasteiger partial charge is 0.220 e. The van der Waals surface area contributed by atoms with Gasteiger partial charge in [0, 0.05) is 19.0 Å². The first-order valence-electron chi connectivity index (χ1n) is 8.14. The van der Waals surface area contributed by atoms with Gasteiger partial charge in [-0.05, 0) is 48.6 Å². The molecule has 4 heteroatoms. The molecule has 0 radical (unpaired) electrons. The van der Waals surface area contributed by atoms with E-state index in [4.69, 9.17) is 5.73 Å². The summed E-state index contributed by atoms with van der Waals surface area (Å²) in [5.41, 5.74) is 8.62. The molecule has 124 valence electrons. The average molecular weight is 325 g/mol. The largest absolute Gasteiger partial charge is 0.352 e. The second kappa shape index (κ2) is 9.16. The van der Waals surface area contributed by atoms with E-state index < -0.39 is 0 Å². The number of hydrogen-bond acceptors (Lipinski definition) is 2. The number of benzene rings is 1. The SMILES string of the molecule is CC(C)CC(CN)NC(=O)CC1CCc2ccccc2C1.Cl. The van der Waals surface area contributed by atoms with Crippen LogP contribution in [0.4, 0.5) is 0 Å². The molecule has 2 atom stereocenters. The summed E-state index contributed by atoms with van der Waals surface area (Å²) in [5, 5.41) is 3.11. The van der Waals surface area contributed by atoms with Gasteiger partial charge in [-0.3, -0.25) is 4.79 Å². The summed E-state index contributed by atoms with van der Waals surface area (Å²) in [5.74, 6) is 1.19. The summed E-state index contributed by atoms with van der Waals surface area (Å²) < 4.78 is 0. The zero-order valence-electron chi connectivity index (χ0n) is 13.7. The molecule has 0 saturated carbocycles. The minimum Gasteiger partial charge on any atom is -0.352 e. The van der Waals surface area contributed by atoms with Crippen LogP contribution in [0.25, 0.3) is 0 Å². The monoisotopic (exact) mass is 324 g/mol. The fourth-order valence-corrected chi connectivity index (χ4v) is 3.28. The van der Waals surface area contributed by atoms with Crippen LogP contribution in [0.5, 0.6) is 0 Å². The number of halogens is 1. The summed E-state index contributed by atoms with van der Waals surface area (Å²) >= 11 is 0. The number of nitrogens with two attached hydrogens (primary N) is 1. The summed E-state index contributed by atoms with van der Waals surface area (Å²) in [6, 6.07) is 8.71. The van der Waals surface area contributed by atoms with Crippen molar-refractivity contribution in [1.82, 2.24) is 5.32 Å². The van der Waals surface area contributed by atoms with Crippen molar-refractivity contribution in [2.45, 2.75) is 52.0 Å². The molecule has 0 bridgehead atoms. The Morgan fingerprint density at radius 1 is 1.32 bits per heavy atom. The molecule has 3 N–H and O–H groups in total. The van der Waals surface area contributed by atoms with Crippen molar-refractivity contribution < 1.29 is 4.79 Å². The van der Waals surface area contributed by atoms with Gasteiger partial charge in [0.15, 0.2) is 0 Å². The molecule has 22 heavy (non-hydrogen) atoms. The van der Waals surface area contributed by atoms with Crippen molar-refractivity contribution in [3.8, 4) is 0 Å². The molecule has 0 aliphatic heterocycles. The molecule has 0 saturated heterocycles. The highest BCUT2D eigenvalue weighted by molar-refractivity contribution is 5.85. The van der Waals surface area contributed by atoms with E-state index in [0.29, 0.717) is 24.8 Å². The van der Waals surface area contributed by atoms with Crippen LogP contribution < -0.4 is 11.1 Å². The van der Waals surface area contributed by atoms with Crippen LogP contribution in [-0.4, -0.2) is 18.5 Å². The molecular formula is C18H29ClN2O. The van der Waals surface area contributed by atoms with E-state index >= 15 is 0 Å². The number of rotatable bonds is 6. The third kappa shape index (κ3) is 5.62. The normalized spacial score (nSPS) is 18.3. The van der Waals surface area contributed by atoms with Gasteiger partial charge in [0.1, 0.15) is 0 Å². The fourth-order valence-electron chi connectivity index (χ4n) is 3.28. The standard InChI is InChI=1S/C18H28N2O.ClH/c1-13(2)9-17(12-19)20-18(21)11-14-7-8-15-5-3-4-6-16(15)10-14;/h3-6,13-14,17H,7-12,19H2,1-2H3,(H,20,21);1H. The number of fused-ring (bicyclic) bond motifs is 1. The van der Waals surface area contributed by atoms with Crippen LogP contribution in [0.2, 0.25) is 0 Å². The Bertz CT molecular complexity index is 476. The molecule has 1 aliphatic rings. The maximum Gasteiger partial charge on any atom is 0.220 e. The summed E-state index contributed by atoms with van der Waals surface area (Å²) in [6.45, 7) is 4.84. The number of hydrogen-bond donors (Lipinski definition) is 2. The lowest BCUT2D eigenvalue weighted by molar-refractivity contribution is -0.122. The maximum absolute atomic E-state index is 12.2. The highest BCUT2D eigenvalue weighted by Crippen LogP contribution is 2.27. The van der Waals surface area contributed by atoms with Crippen molar-refractivity contribution in [3.63, 3.8) is 0 Å². The van der Waals surface area contributed by atoms with Crippen molar-refractivity contribution in [3.05, 3.63) is 35.4 Å². The van der Waals surface area contributed by atoms with E-state index in [2.05, 4.69) is 43.4 Å². The molecule has 0 fully saturated rings. The van der Waals surface area contributed by atoms with Crippen LogP contribution in [0.15, 0.2) is 24.3 Å². The van der Waals surface area contributed by atoms with Crippen LogP contribution in [0.3, 0.4) is 0 Å². The third-order valence-corrected chi connectivity index (χ3v) is 4.33. The number of amides is 1. The van der Waals surface area contributed by atoms with Crippen LogP contribution in [0, 0.1) is 11.8 Å². The Morgan fingerprint density at radius 3 is 2.64 bits per heavy atom. The van der Waals surface area contributed by atoms with Gasteiger partial charge in [-0.15, -0.1) is 12.4 Å². The summed E-state index contributed by atoms with van der Waals surface area (Å²) in [4.78, 5) is 12.2. The Kier molecular flexibility index (Phi) is 7.91. The number of carbonyl (C=O) groups is 1. The zero-order valence-corrected chi connectivity index (χ0v) is 14.5. The van der Waals surface area contributed by atoms with E-state index in [1.54, 1.807) is 0 Å². The van der Waals surface area contributed by atoms with Crippen molar-refractivity contribution in [1.29, 1.82) is 0 Å². The summed E-state index contributed by atoms with van der Waals surface area (Å²) in [6.07, 6.45) is 4.82. The van der Waals surface area contributed by atoms with Gasteiger partial charge in [-0.25, -0.2) is 0 Å². The highest BCUT2D eigenvalue weighted by Gasteiger charge is 2.22. The van der Waals surface area contributed by atoms with Gasteiger partial charge >= 0.3 is 0 Å². The second-order valence-corrected chi connectivity index (χ2v) is 6.71. The van der Waals surface area contributed by atoms with Gasteiger partial charge in [-0.1, -0.05) is 38.1 Å². The van der Waals surface area contributed by atoms with Crippen molar-refractivity contribution in [2.24, 2.45) is 17.6 Å². The predicted octanol–water partition coefficient (Wildman–Crippen LogP) is 3.09. The molecule has 1 amide bonds. The Hall–Kier alpha value is -1.06. The van der Waals surface area contributed by atoms with Gasteiger partial charge in [0.25, 0.3) is 0 Å². The molecule has 1 aliphatic carbocycles. The van der Waals surface area contributed by atoms with Crippen LogP contribution in [0.1, 0.15) is 44.2 Å². The minimum atomic E-state index is 0. The van der Waals surface area contributed by atoms with Crippen molar-refractivity contribution in [2.75, 3.05) is 6.54 Å². The first-order chi connectivity index (χ1) is 10.1. The van der Waals surface area contributed by atoms with Gasteiger partial charge in [0.2, 0.25) is 5.91 Å². The molecule has 1 aromatic carbocycles. The fraction of sp³-hybridized carbons (Fsp3) is 0.611. The first kappa shape index (κ1) is 19.0. The van der Waals surface area contributed by atoms with E-state index in [1.807, 2.05) is 0 Å². The summed E-state index contributed by atoms with van der Waals surface area (Å²) in [7, 11) is 0. The van der Waals surface area contributed by atoms with Gasteiger partial charge < -0.3 is 11.1 Å². The van der Waals surface area contributed by atoms with E-state index in [1.165, 1.54) is 11.1 Å². The molecule has 1 aromatic rings. The maximum atomic E-state index is 12.2. The molecule has 0 aromatic heterocycles. The topological polar surface area (TPSA) is 55.1 Å². The Balaban J connectivity index is 0.00000242. The second-order valence-electron chi connectivity index (χ2n) is 6.71. The zero-order chi connectivity index (χ0) is 15.2. The Labute approximate surface area is 140 Å². The van der Waals surface area contributed by atoms with Crippen LogP contribution >= 0.6 is 12.4 Å². The average Bonchev–Trinajstić information content (AvgIpc) is 2.45. The van der Waals surface area contributed by atoms with Crippen molar-refractivity contribution >= 4 is 18.3 Å². The lowest BCUT2D eigenvalue weighted by Crippen LogP contribution is -2.41. The molecular weight excluding hydrogens is 296 g/mol. The molecule has 2 unspecified atom stereocenters. The number of aryl methyl sites for hydroxylation is 1. The van der Waals surface area contributed by atoms with E-state index in [0.717, 1.165) is 25.7 Å². The Morgan fingerprint density at radius 2 is 2.00 bits per heavy atom. The molecule has 0 spiro atoms. The minimum absolute atomic E-state index is 0. The highest BCUT2D eigenvalue weighted by atomic mass is 35.5. The number of nitrogens with one attached hydrogen (secondary N) is 1. The van der Waals surface area contributed by atoms with Gasteiger partial charge in [-0.2, -0.15) is 0 Å². The van der Waals surface area contributed by atoms with Gasteiger partial charge in [0.05, 0.1) is 0 Å².